The Hall–Kier alpha value is -4.54. The van der Waals surface area contributed by atoms with Gasteiger partial charge in [0.15, 0.2) is 0 Å². The number of amides is 2. The number of guanidine groups is 2. The number of halogens is 1. The van der Waals surface area contributed by atoms with Gasteiger partial charge in [0, 0.05) is 17.1 Å². The number of aliphatic imine (C=N–C) groups is 2. The normalized spacial score (nSPS) is 14.6. The van der Waals surface area contributed by atoms with E-state index < -0.39 is 36.9 Å². The van der Waals surface area contributed by atoms with Crippen molar-refractivity contribution in [1.82, 2.24) is 0 Å². The Bertz CT molecular complexity index is 1690. The summed E-state index contributed by atoms with van der Waals surface area (Å²) in [7, 11) is -8.81. The van der Waals surface area contributed by atoms with Crippen LogP contribution in [-0.2, 0) is 20.3 Å². The van der Waals surface area contributed by atoms with Gasteiger partial charge >= 0.3 is 16.3 Å². The highest BCUT2D eigenvalue weighted by Gasteiger charge is 2.32. The number of urea groups is 1. The van der Waals surface area contributed by atoms with Crippen LogP contribution in [0.15, 0.2) is 92.6 Å². The maximum absolute atomic E-state index is 12.9. The Morgan fingerprint density at radius 1 is 0.854 bits per heavy atom. The third kappa shape index (κ3) is 8.47. The summed E-state index contributed by atoms with van der Waals surface area (Å²) in [5, 5.41) is 5.16. The summed E-state index contributed by atoms with van der Waals surface area (Å²) in [4.78, 5) is 21.6. The molecule has 3 aromatic rings. The van der Waals surface area contributed by atoms with E-state index in [0.717, 1.165) is 17.7 Å². The third-order valence-electron chi connectivity index (χ3n) is 5.49. The van der Waals surface area contributed by atoms with Crippen molar-refractivity contribution in [2.45, 2.75) is 36.2 Å². The zero-order valence-electron chi connectivity index (χ0n) is 22.1. The highest BCUT2D eigenvalue weighted by atomic mass is 32.3. The first-order valence-corrected chi connectivity index (χ1v) is 14.5. The van der Waals surface area contributed by atoms with Crippen LogP contribution in [0.1, 0.15) is 19.4 Å². The number of nitrogens with two attached hydrogens (primary N) is 2. The number of hydrogen-bond acceptors (Lipinski definition) is 10. The molecule has 0 radical (unpaired) electrons. The van der Waals surface area contributed by atoms with Crippen LogP contribution in [0.3, 0.4) is 0 Å². The second kappa shape index (κ2) is 11.9. The molecule has 0 aliphatic carbocycles. The molecule has 0 aromatic heterocycles. The third-order valence-corrected chi connectivity index (χ3v) is 7.19. The van der Waals surface area contributed by atoms with Gasteiger partial charge in [-0.2, -0.15) is 21.8 Å². The Balaban J connectivity index is 0.000000352. The number of carbonyl (C=O) groups excluding carboxylic acids is 1. The number of nitrogens with zero attached hydrogens (tertiary/aromatic N) is 3. The molecule has 1 heterocycles. The summed E-state index contributed by atoms with van der Waals surface area (Å²) >= 11 is 0. The summed E-state index contributed by atoms with van der Waals surface area (Å²) < 4.78 is 64.1. The van der Waals surface area contributed by atoms with E-state index in [1.54, 1.807) is 41.3 Å². The first-order chi connectivity index (χ1) is 19.0. The molecule has 3 aromatic carbocycles. The van der Waals surface area contributed by atoms with Crippen molar-refractivity contribution < 1.29 is 30.1 Å². The zero-order valence-corrected chi connectivity index (χ0v) is 23.7. The first kappa shape index (κ1) is 31.0. The minimum atomic E-state index is -4.79. The fourth-order valence-electron chi connectivity index (χ4n) is 3.65. The highest BCUT2D eigenvalue weighted by molar-refractivity contribution is 7.86. The van der Waals surface area contributed by atoms with Crippen molar-refractivity contribution in [3.05, 3.63) is 78.4 Å². The fourth-order valence-corrected chi connectivity index (χ4v) is 4.59. The minimum Gasteiger partial charge on any atom is -0.369 e. The highest BCUT2D eigenvalue weighted by Crippen LogP contribution is 2.28. The lowest BCUT2D eigenvalue weighted by molar-refractivity contribution is 0.262. The van der Waals surface area contributed by atoms with Crippen molar-refractivity contribution in [3.63, 3.8) is 0 Å². The number of aryl methyl sites for hydroxylation is 1. The summed E-state index contributed by atoms with van der Waals surface area (Å²) in [5.41, 5.74) is 13.4. The van der Waals surface area contributed by atoms with Crippen LogP contribution in [0, 0.1) is 6.92 Å². The summed E-state index contributed by atoms with van der Waals surface area (Å²) in [5.74, 6) is 0.297. The monoisotopic (exact) mass is 605 g/mol. The molecule has 13 nitrogen and oxygen atoms in total. The van der Waals surface area contributed by atoms with Crippen molar-refractivity contribution in [3.8, 4) is 0 Å². The molecule has 0 saturated heterocycles. The van der Waals surface area contributed by atoms with E-state index >= 15 is 0 Å². The molecule has 218 valence electrons. The predicted molar refractivity (Wildman–Crippen MR) is 155 cm³/mol. The number of nitrogens with one attached hydrogen (secondary N) is 2. The number of anilines is 3. The minimum absolute atomic E-state index is 0.0666. The smallest absolute Gasteiger partial charge is 0.332 e. The Morgan fingerprint density at radius 3 is 1.76 bits per heavy atom. The van der Waals surface area contributed by atoms with Gasteiger partial charge in [-0.3, -0.25) is 9.45 Å². The van der Waals surface area contributed by atoms with Gasteiger partial charge in [0.25, 0.3) is 10.1 Å². The molecule has 4 rings (SSSR count). The maximum atomic E-state index is 12.9. The van der Waals surface area contributed by atoms with Crippen LogP contribution >= 0.6 is 0 Å². The predicted octanol–water partition coefficient (Wildman–Crippen LogP) is 3.42. The lowest BCUT2D eigenvalue weighted by atomic mass is 10.1. The zero-order chi connectivity index (χ0) is 30.6. The molecule has 0 unspecified atom stereocenters. The van der Waals surface area contributed by atoms with Gasteiger partial charge < -0.3 is 22.1 Å². The molecule has 2 amide bonds. The standard InChI is InChI=1S/C18H20FN7O3S.C7H8O3S/c1-18(2)25-15(20)24-16(21)26(18)13-7-3-11(4-8-13)22-17(27)23-12-5-9-14(10-6-12)30(19,28)29;1-6-2-4-7(5-3-6)11(8,9)10/h3-10H,1-2H3,(H2,22,23,27)(H4,20,21,24,25);2-5H,1H3,(H,8,9,10). The molecular formula is C25H28FN7O6S2. The Kier molecular flexibility index (Phi) is 9.00. The molecule has 7 N–H and O–H groups in total. The van der Waals surface area contributed by atoms with E-state index in [-0.39, 0.29) is 16.8 Å². The molecule has 0 saturated carbocycles. The van der Waals surface area contributed by atoms with Gasteiger partial charge in [0.1, 0.15) is 5.66 Å². The second-order valence-electron chi connectivity index (χ2n) is 9.15. The number of benzene rings is 3. The molecule has 16 heteroatoms. The summed E-state index contributed by atoms with van der Waals surface area (Å²) in [6.45, 7) is 5.51. The van der Waals surface area contributed by atoms with Crippen LogP contribution in [0.5, 0.6) is 0 Å². The molecule has 0 atom stereocenters. The van der Waals surface area contributed by atoms with Crippen LogP contribution < -0.4 is 27.0 Å². The SMILES string of the molecule is CC1(C)N=C(N)N=C(N)N1c1ccc(NC(=O)Nc2ccc(S(=O)(=O)F)cc2)cc1.Cc1ccc(S(=O)(=O)O)cc1. The van der Waals surface area contributed by atoms with Gasteiger partial charge in [-0.1, -0.05) is 17.7 Å². The Morgan fingerprint density at radius 2 is 1.32 bits per heavy atom. The van der Waals surface area contributed by atoms with Gasteiger partial charge in [0.2, 0.25) is 11.9 Å². The van der Waals surface area contributed by atoms with Crippen molar-refractivity contribution >= 4 is 55.4 Å². The van der Waals surface area contributed by atoms with E-state index in [1.165, 1.54) is 24.3 Å². The van der Waals surface area contributed by atoms with E-state index in [1.807, 2.05) is 20.8 Å². The maximum Gasteiger partial charge on any atom is 0.332 e. The molecule has 0 bridgehead atoms. The molecule has 1 aliphatic heterocycles. The van der Waals surface area contributed by atoms with E-state index in [4.69, 9.17) is 16.0 Å². The van der Waals surface area contributed by atoms with Crippen LogP contribution in [0.25, 0.3) is 0 Å². The molecular weight excluding hydrogens is 577 g/mol. The molecule has 0 spiro atoms. The van der Waals surface area contributed by atoms with Crippen LogP contribution in [-0.4, -0.2) is 45.0 Å². The fraction of sp³-hybridized carbons (Fsp3) is 0.160. The topological polar surface area (TPSA) is 210 Å². The van der Waals surface area contributed by atoms with Crippen molar-refractivity contribution in [2.24, 2.45) is 21.5 Å². The van der Waals surface area contributed by atoms with Gasteiger partial charge in [-0.05, 0) is 81.4 Å². The van der Waals surface area contributed by atoms with E-state index in [2.05, 4.69) is 20.6 Å². The van der Waals surface area contributed by atoms with Gasteiger partial charge in [0.05, 0.1) is 9.79 Å². The summed E-state index contributed by atoms with van der Waals surface area (Å²) in [6, 6.07) is 16.9. The second-order valence-corrected chi connectivity index (χ2v) is 11.9. The molecule has 1 aliphatic rings. The lowest BCUT2D eigenvalue weighted by Crippen LogP contribution is -2.54. The van der Waals surface area contributed by atoms with Gasteiger partial charge in [-0.25, -0.2) is 9.79 Å². The number of hydrogen-bond donors (Lipinski definition) is 5. The van der Waals surface area contributed by atoms with Crippen LogP contribution in [0.4, 0.5) is 25.7 Å². The van der Waals surface area contributed by atoms with E-state index in [0.29, 0.717) is 17.1 Å². The number of rotatable bonds is 5. The van der Waals surface area contributed by atoms with Crippen molar-refractivity contribution in [2.75, 3.05) is 15.5 Å². The molecule has 0 fully saturated rings. The number of carbonyl (C=O) groups is 1. The molecule has 41 heavy (non-hydrogen) atoms. The van der Waals surface area contributed by atoms with Crippen molar-refractivity contribution in [1.29, 1.82) is 0 Å². The quantitative estimate of drug-likeness (QED) is 0.213. The summed E-state index contributed by atoms with van der Waals surface area (Å²) in [6.07, 6.45) is 0. The average Bonchev–Trinajstić information content (AvgIpc) is 2.84. The lowest BCUT2D eigenvalue weighted by Gasteiger charge is -2.38. The van der Waals surface area contributed by atoms with E-state index in [9.17, 15) is 25.5 Å². The van der Waals surface area contributed by atoms with Crippen LogP contribution in [0.2, 0.25) is 0 Å². The average molecular weight is 606 g/mol. The first-order valence-electron chi connectivity index (χ1n) is 11.7. The Labute approximate surface area is 236 Å². The van der Waals surface area contributed by atoms with Gasteiger partial charge in [-0.15, -0.1) is 3.89 Å². The largest absolute Gasteiger partial charge is 0.369 e.